The monoisotopic (exact) mass is 359 g/mol. The Morgan fingerprint density at radius 2 is 2.08 bits per heavy atom. The maximum Gasteiger partial charge on any atom is 0.224 e. The maximum atomic E-state index is 12.4. The molecule has 1 amide bonds. The van der Waals surface area contributed by atoms with Gasteiger partial charge in [-0.1, -0.05) is 11.6 Å². The van der Waals surface area contributed by atoms with Crippen LogP contribution in [0.15, 0.2) is 18.2 Å². The lowest BCUT2D eigenvalue weighted by Crippen LogP contribution is -2.27. The van der Waals surface area contributed by atoms with Crippen LogP contribution in [0.25, 0.3) is 11.0 Å². The fourth-order valence-corrected chi connectivity index (χ4v) is 2.99. The summed E-state index contributed by atoms with van der Waals surface area (Å²) in [5, 5.41) is 5.14. The number of benzene rings is 1. The normalized spacial score (nSPS) is 11.2. The summed E-state index contributed by atoms with van der Waals surface area (Å²) < 4.78 is 1.90. The molecule has 0 fully saturated rings. The van der Waals surface area contributed by atoms with E-state index in [1.54, 1.807) is 18.0 Å². The van der Waals surface area contributed by atoms with Gasteiger partial charge in [0.25, 0.3) is 0 Å². The largest absolute Gasteiger partial charge is 0.340 e. The Labute approximate surface area is 151 Å². The first-order valence-electron chi connectivity index (χ1n) is 8.24. The van der Waals surface area contributed by atoms with Crippen LogP contribution in [0.2, 0.25) is 5.02 Å². The topological polar surface area (TPSA) is 66.8 Å². The predicted octanol–water partition coefficient (Wildman–Crippen LogP) is 3.39. The van der Waals surface area contributed by atoms with Crippen molar-refractivity contribution in [2.75, 3.05) is 7.05 Å². The summed E-state index contributed by atoms with van der Waals surface area (Å²) in [5.41, 5.74) is 5.03. The molecule has 132 valence electrons. The zero-order valence-corrected chi connectivity index (χ0v) is 15.7. The van der Waals surface area contributed by atoms with Gasteiger partial charge in [-0.2, -0.15) is 5.10 Å². The van der Waals surface area contributed by atoms with E-state index in [4.69, 9.17) is 11.6 Å². The Morgan fingerprint density at radius 3 is 2.76 bits per heavy atom. The third kappa shape index (κ3) is 3.69. The molecule has 0 aliphatic heterocycles. The number of nitrogens with one attached hydrogen (secondary N) is 1. The second-order valence-corrected chi connectivity index (χ2v) is 6.80. The molecule has 7 heteroatoms. The smallest absolute Gasteiger partial charge is 0.224 e. The Morgan fingerprint density at radius 1 is 1.32 bits per heavy atom. The van der Waals surface area contributed by atoms with E-state index in [-0.39, 0.29) is 5.91 Å². The van der Waals surface area contributed by atoms with Crippen molar-refractivity contribution in [3.05, 3.63) is 46.0 Å². The van der Waals surface area contributed by atoms with Crippen LogP contribution in [0, 0.1) is 20.8 Å². The predicted molar refractivity (Wildman–Crippen MR) is 98.6 cm³/mol. The van der Waals surface area contributed by atoms with E-state index in [1.165, 1.54) is 5.56 Å². The van der Waals surface area contributed by atoms with E-state index in [0.29, 0.717) is 24.5 Å². The number of imidazole rings is 1. The molecule has 0 atom stereocenters. The number of hydrogen-bond donors (Lipinski definition) is 1. The van der Waals surface area contributed by atoms with Crippen molar-refractivity contribution in [3.63, 3.8) is 0 Å². The van der Waals surface area contributed by atoms with E-state index >= 15 is 0 Å². The van der Waals surface area contributed by atoms with Crippen molar-refractivity contribution >= 4 is 28.5 Å². The van der Waals surface area contributed by atoms with Gasteiger partial charge in [0.05, 0.1) is 23.3 Å². The number of rotatable bonds is 5. The van der Waals surface area contributed by atoms with Gasteiger partial charge < -0.3 is 9.88 Å². The quantitative estimate of drug-likeness (QED) is 0.759. The van der Waals surface area contributed by atoms with Crippen molar-refractivity contribution in [2.24, 2.45) is 0 Å². The van der Waals surface area contributed by atoms with Gasteiger partial charge in [0.15, 0.2) is 0 Å². The highest BCUT2D eigenvalue weighted by molar-refractivity contribution is 6.31. The molecule has 0 bridgehead atoms. The van der Waals surface area contributed by atoms with E-state index < -0.39 is 0 Å². The van der Waals surface area contributed by atoms with E-state index in [2.05, 4.69) is 22.0 Å². The van der Waals surface area contributed by atoms with Gasteiger partial charge in [-0.05, 0) is 44.5 Å². The van der Waals surface area contributed by atoms with Crippen LogP contribution in [0.3, 0.4) is 0 Å². The van der Waals surface area contributed by atoms with Crippen LogP contribution >= 0.6 is 11.6 Å². The highest BCUT2D eigenvalue weighted by Gasteiger charge is 2.14. The second kappa shape index (κ2) is 6.88. The third-order valence-corrected chi connectivity index (χ3v) is 4.82. The van der Waals surface area contributed by atoms with Crippen LogP contribution < -0.4 is 0 Å². The molecular weight excluding hydrogens is 338 g/mol. The summed E-state index contributed by atoms with van der Waals surface area (Å²) in [4.78, 5) is 21.8. The minimum absolute atomic E-state index is 0.0590. The highest BCUT2D eigenvalue weighted by Crippen LogP contribution is 2.18. The Bertz CT molecular complexity index is 927. The molecule has 0 aliphatic rings. The highest BCUT2D eigenvalue weighted by atomic mass is 35.5. The van der Waals surface area contributed by atoms with E-state index in [0.717, 1.165) is 28.2 Å². The fourth-order valence-electron chi connectivity index (χ4n) is 2.82. The molecule has 2 aromatic heterocycles. The molecule has 1 N–H and O–H groups in total. The van der Waals surface area contributed by atoms with E-state index in [1.807, 2.05) is 30.7 Å². The average molecular weight is 360 g/mol. The lowest BCUT2D eigenvalue weighted by atomic mass is 10.2. The second-order valence-electron chi connectivity index (χ2n) is 6.36. The van der Waals surface area contributed by atoms with Crippen molar-refractivity contribution in [1.82, 2.24) is 24.6 Å². The van der Waals surface area contributed by atoms with Crippen LogP contribution in [0.5, 0.6) is 0 Å². The third-order valence-electron chi connectivity index (χ3n) is 4.59. The summed E-state index contributed by atoms with van der Waals surface area (Å²) in [6.45, 7) is 7.08. The first kappa shape index (κ1) is 17.5. The van der Waals surface area contributed by atoms with Crippen molar-refractivity contribution in [1.29, 1.82) is 0 Å². The first-order chi connectivity index (χ1) is 11.8. The van der Waals surface area contributed by atoms with Gasteiger partial charge in [-0.3, -0.25) is 9.48 Å². The van der Waals surface area contributed by atoms with Crippen molar-refractivity contribution in [3.8, 4) is 0 Å². The lowest BCUT2D eigenvalue weighted by molar-refractivity contribution is -0.130. The minimum atomic E-state index is 0.0590. The molecule has 1 aromatic carbocycles. The summed E-state index contributed by atoms with van der Waals surface area (Å²) in [7, 11) is 1.79. The fraction of sp³-hybridized carbons (Fsp3) is 0.389. The first-order valence-corrected chi connectivity index (χ1v) is 8.61. The number of halogens is 1. The summed E-state index contributed by atoms with van der Waals surface area (Å²) in [6.07, 6.45) is 0.407. The van der Waals surface area contributed by atoms with E-state index in [9.17, 15) is 4.79 Å². The number of aryl methyl sites for hydroxylation is 2. The number of hydrogen-bond acceptors (Lipinski definition) is 3. The molecule has 0 unspecified atom stereocenters. The average Bonchev–Trinajstić information content (AvgIpc) is 3.07. The molecule has 0 saturated carbocycles. The molecule has 0 radical (unpaired) electrons. The van der Waals surface area contributed by atoms with Crippen LogP contribution in [-0.4, -0.2) is 37.6 Å². The number of H-pyrrole nitrogens is 1. The SMILES string of the molecule is Cc1nn(CCC(=O)N(C)Cc2nc3ccc(Cl)cc3[nH]2)c(C)c1C. The van der Waals surface area contributed by atoms with Crippen molar-refractivity contribution in [2.45, 2.75) is 40.3 Å². The van der Waals surface area contributed by atoms with Gasteiger partial charge in [0, 0.05) is 30.7 Å². The number of carbonyl (C=O) groups excluding carboxylic acids is 1. The van der Waals surface area contributed by atoms with Gasteiger partial charge in [-0.15, -0.1) is 0 Å². The Kier molecular flexibility index (Phi) is 4.81. The molecule has 0 spiro atoms. The number of fused-ring (bicyclic) bond motifs is 1. The molecule has 0 saturated heterocycles. The minimum Gasteiger partial charge on any atom is -0.340 e. The number of aromatic nitrogens is 4. The summed E-state index contributed by atoms with van der Waals surface area (Å²) in [5.74, 6) is 0.804. The number of amides is 1. The number of carbonyl (C=O) groups is 1. The Balaban J connectivity index is 1.62. The Hall–Kier alpha value is -2.34. The lowest BCUT2D eigenvalue weighted by Gasteiger charge is -2.16. The molecule has 6 nitrogen and oxygen atoms in total. The standard InChI is InChI=1S/C18H22ClN5O/c1-11-12(2)22-24(13(11)3)8-7-18(25)23(4)10-17-20-15-6-5-14(19)9-16(15)21-17/h5-6,9H,7-8,10H2,1-4H3,(H,20,21). The zero-order chi connectivity index (χ0) is 18.1. The van der Waals surface area contributed by atoms with Crippen LogP contribution in [-0.2, 0) is 17.9 Å². The maximum absolute atomic E-state index is 12.4. The van der Waals surface area contributed by atoms with Gasteiger partial charge in [-0.25, -0.2) is 4.98 Å². The molecule has 25 heavy (non-hydrogen) atoms. The molecule has 3 rings (SSSR count). The number of nitrogens with zero attached hydrogens (tertiary/aromatic N) is 4. The van der Waals surface area contributed by atoms with Gasteiger partial charge >= 0.3 is 0 Å². The van der Waals surface area contributed by atoms with Crippen LogP contribution in [0.4, 0.5) is 0 Å². The van der Waals surface area contributed by atoms with Crippen molar-refractivity contribution < 1.29 is 4.79 Å². The van der Waals surface area contributed by atoms with Gasteiger partial charge in [0.2, 0.25) is 5.91 Å². The number of aromatic amines is 1. The zero-order valence-electron chi connectivity index (χ0n) is 14.9. The molecule has 2 heterocycles. The summed E-state index contributed by atoms with van der Waals surface area (Å²) >= 11 is 5.99. The molecule has 0 aliphatic carbocycles. The van der Waals surface area contributed by atoms with Crippen LogP contribution in [0.1, 0.15) is 29.2 Å². The molecular formula is C18H22ClN5O. The summed E-state index contributed by atoms with van der Waals surface area (Å²) in [6, 6.07) is 5.50. The van der Waals surface area contributed by atoms with Gasteiger partial charge in [0.1, 0.15) is 5.82 Å². The molecule has 3 aromatic rings.